The third-order valence-corrected chi connectivity index (χ3v) is 11.7. The Morgan fingerprint density at radius 2 is 1.18 bits per heavy atom. The predicted octanol–water partition coefficient (Wildman–Crippen LogP) is 10.8. The largest absolute Gasteiger partial charge is 0.437 e. The average Bonchev–Trinajstić information content (AvgIpc) is 4.15. The minimum absolute atomic E-state index is 0.202. The Morgan fingerprint density at radius 3 is 1.65 bits per heavy atom. The lowest BCUT2D eigenvalue weighted by Crippen LogP contribution is -2.29. The quantitative estimate of drug-likeness (QED) is 0.0681. The van der Waals surface area contributed by atoms with Crippen molar-refractivity contribution >= 4 is 57.4 Å². The van der Waals surface area contributed by atoms with Crippen molar-refractivity contribution in [3.8, 4) is 34.1 Å². The number of carbonyl (C=O) groups excluding carboxylic acids is 2. The highest BCUT2D eigenvalue weighted by Gasteiger charge is 2.27. The molecule has 0 amide bonds. The molecule has 0 atom stereocenters. The summed E-state index contributed by atoms with van der Waals surface area (Å²) in [5.74, 6) is 2.44. The molecule has 0 radical (unpaired) electrons. The van der Waals surface area contributed by atoms with Gasteiger partial charge in [-0.15, -0.1) is 5.10 Å². The maximum Gasteiger partial charge on any atom is 0.239 e. The number of ether oxygens (including phenoxy) is 1. The van der Waals surface area contributed by atoms with Gasteiger partial charge in [-0.2, -0.15) is 5.10 Å². The number of hydrogen-bond acceptors (Lipinski definition) is 11. The van der Waals surface area contributed by atoms with Crippen LogP contribution in [0.3, 0.4) is 0 Å². The SMILES string of the molecule is Cc1cc(-c2cnc3c(NCC(C)(C)O)cc(Cl)nn23)ccc1C(=O)CC1CC1.Cc1cc(-c2cnc3c(NCC(C)(C)O)cc(Oc4cccc(Cl)c4)nn23)ccc1C(=O)CC1CC1. The highest BCUT2D eigenvalue weighted by atomic mass is 35.5. The molecular formula is C50H54Cl2N8O5. The molecule has 2 aliphatic rings. The normalized spacial score (nSPS) is 14.0. The Kier molecular flexibility index (Phi) is 13.0. The van der Waals surface area contributed by atoms with Crippen molar-refractivity contribution in [3.63, 3.8) is 0 Å². The molecule has 2 aliphatic carbocycles. The smallest absolute Gasteiger partial charge is 0.239 e. The molecule has 0 saturated heterocycles. The Morgan fingerprint density at radius 1 is 0.692 bits per heavy atom. The zero-order chi connectivity index (χ0) is 46.2. The summed E-state index contributed by atoms with van der Waals surface area (Å²) in [5, 5.41) is 36.7. The molecule has 0 bridgehead atoms. The van der Waals surface area contributed by atoms with Crippen molar-refractivity contribution in [1.82, 2.24) is 29.2 Å². The minimum atomic E-state index is -0.927. The molecule has 2 fully saturated rings. The molecule has 0 unspecified atom stereocenters. The van der Waals surface area contributed by atoms with Crippen LogP contribution in [0.4, 0.5) is 11.4 Å². The Labute approximate surface area is 388 Å². The highest BCUT2D eigenvalue weighted by Crippen LogP contribution is 2.36. The van der Waals surface area contributed by atoms with E-state index in [2.05, 4.69) is 25.7 Å². The van der Waals surface area contributed by atoms with Gasteiger partial charge in [0.2, 0.25) is 5.88 Å². The second kappa shape index (κ2) is 18.6. The van der Waals surface area contributed by atoms with E-state index in [-0.39, 0.29) is 11.6 Å². The van der Waals surface area contributed by atoms with Gasteiger partial charge in [0, 0.05) is 65.3 Å². The van der Waals surface area contributed by atoms with Crippen LogP contribution >= 0.6 is 23.2 Å². The first kappa shape index (κ1) is 45.7. The number of benzene rings is 3. The number of anilines is 2. The molecule has 4 aromatic heterocycles. The summed E-state index contributed by atoms with van der Waals surface area (Å²) in [7, 11) is 0. The summed E-state index contributed by atoms with van der Waals surface area (Å²) in [6.45, 7) is 11.5. The van der Waals surface area contributed by atoms with Gasteiger partial charge < -0.3 is 25.6 Å². The summed E-state index contributed by atoms with van der Waals surface area (Å²) >= 11 is 12.4. The third kappa shape index (κ3) is 11.5. The summed E-state index contributed by atoms with van der Waals surface area (Å²) in [6, 6.07) is 22.2. The fraction of sp³-hybridized carbons (Fsp3) is 0.360. The number of ketones is 2. The summed E-state index contributed by atoms with van der Waals surface area (Å²) in [6.07, 6.45) is 9.40. The van der Waals surface area contributed by atoms with Crippen LogP contribution < -0.4 is 15.4 Å². The lowest BCUT2D eigenvalue weighted by atomic mass is 9.98. The lowest BCUT2D eigenvalue weighted by molar-refractivity contribution is 0.0939. The topological polar surface area (TPSA) is 168 Å². The van der Waals surface area contributed by atoms with Crippen LogP contribution in [0.2, 0.25) is 10.2 Å². The summed E-state index contributed by atoms with van der Waals surface area (Å²) in [4.78, 5) is 34.3. The van der Waals surface area contributed by atoms with Gasteiger partial charge in [-0.3, -0.25) is 9.59 Å². The zero-order valence-corrected chi connectivity index (χ0v) is 39.0. The van der Waals surface area contributed by atoms with Crippen molar-refractivity contribution in [2.24, 2.45) is 11.8 Å². The average molecular weight is 918 g/mol. The predicted molar refractivity (Wildman–Crippen MR) is 256 cm³/mol. The highest BCUT2D eigenvalue weighted by molar-refractivity contribution is 6.30. The van der Waals surface area contributed by atoms with Gasteiger partial charge in [0.05, 0.1) is 46.4 Å². The minimum Gasteiger partial charge on any atom is -0.437 e. The number of fused-ring (bicyclic) bond motifs is 2. The van der Waals surface area contributed by atoms with Crippen LogP contribution in [0.15, 0.2) is 85.2 Å². The van der Waals surface area contributed by atoms with Crippen molar-refractivity contribution < 1.29 is 24.5 Å². The standard InChI is InChI=1S/C28H29ClN4O3.C22H25ClN4O2/c1-17-11-19(9-10-22(17)25(34)12-18-7-8-18)24-15-30-27-23(31-16-28(2,3)35)14-26(32-33(24)27)36-21-6-4-5-20(29)13-21;1-13-8-15(6-7-16(13)19(28)9-14-4-5-14)18-11-24-21-17(25-12-22(2,3)29)10-20(23)26-27(18)21/h4-6,9-11,13-15,18,31,35H,7-8,12,16H2,1-3H3;6-8,10-11,14,25,29H,4-5,9,12H2,1-3H3. The lowest BCUT2D eigenvalue weighted by Gasteiger charge is -2.19. The first-order valence-electron chi connectivity index (χ1n) is 21.9. The molecule has 65 heavy (non-hydrogen) atoms. The van der Waals surface area contributed by atoms with Crippen LogP contribution in [-0.2, 0) is 0 Å². The Balaban J connectivity index is 0.000000181. The fourth-order valence-corrected chi connectivity index (χ4v) is 7.89. The Hall–Kier alpha value is -5.86. The van der Waals surface area contributed by atoms with E-state index in [4.69, 9.17) is 33.0 Å². The van der Waals surface area contributed by atoms with Crippen LogP contribution in [0, 0.1) is 25.7 Å². The first-order chi connectivity index (χ1) is 30.9. The van der Waals surface area contributed by atoms with E-state index in [0.717, 1.165) is 57.6 Å². The van der Waals surface area contributed by atoms with E-state index >= 15 is 0 Å². The van der Waals surface area contributed by atoms with Gasteiger partial charge in [-0.1, -0.05) is 53.5 Å². The fourth-order valence-electron chi connectivity index (χ4n) is 7.52. The summed E-state index contributed by atoms with van der Waals surface area (Å²) < 4.78 is 9.43. The van der Waals surface area contributed by atoms with E-state index in [9.17, 15) is 19.8 Å². The molecule has 2 saturated carbocycles. The van der Waals surface area contributed by atoms with Gasteiger partial charge in [-0.05, 0) is 121 Å². The zero-order valence-electron chi connectivity index (χ0n) is 37.5. The molecular weight excluding hydrogens is 864 g/mol. The number of aromatic nitrogens is 6. The molecule has 9 rings (SSSR count). The van der Waals surface area contributed by atoms with E-state index in [1.54, 1.807) is 85.5 Å². The van der Waals surface area contributed by atoms with E-state index in [1.165, 1.54) is 12.8 Å². The number of nitrogens with zero attached hydrogens (tertiary/aromatic N) is 6. The summed E-state index contributed by atoms with van der Waals surface area (Å²) in [5.41, 5.74) is 7.59. The Bertz CT molecular complexity index is 2910. The maximum atomic E-state index is 12.7. The molecule has 7 aromatic rings. The number of rotatable bonds is 16. The second-order valence-corrected chi connectivity index (χ2v) is 19.5. The molecule has 3 aromatic carbocycles. The third-order valence-electron chi connectivity index (χ3n) is 11.3. The number of aliphatic hydroxyl groups is 2. The molecule has 338 valence electrons. The monoisotopic (exact) mass is 916 g/mol. The van der Waals surface area contributed by atoms with Crippen LogP contribution in [0.25, 0.3) is 33.8 Å². The van der Waals surface area contributed by atoms with Crippen molar-refractivity contribution in [1.29, 1.82) is 0 Å². The van der Waals surface area contributed by atoms with Crippen LogP contribution in [0.1, 0.15) is 98.1 Å². The number of halogens is 2. The molecule has 4 heterocycles. The van der Waals surface area contributed by atoms with Gasteiger partial charge in [0.25, 0.3) is 0 Å². The van der Waals surface area contributed by atoms with Crippen molar-refractivity contribution in [3.05, 3.63) is 118 Å². The number of imidazole rings is 2. The molecule has 0 aliphatic heterocycles. The van der Waals surface area contributed by atoms with Crippen molar-refractivity contribution in [2.75, 3.05) is 23.7 Å². The molecule has 4 N–H and O–H groups in total. The number of nitrogens with one attached hydrogen (secondary N) is 2. The van der Waals surface area contributed by atoms with Crippen molar-refractivity contribution in [2.45, 2.75) is 91.3 Å². The molecule has 0 spiro atoms. The number of hydrogen-bond donors (Lipinski definition) is 4. The maximum absolute atomic E-state index is 12.7. The number of carbonyl (C=O) groups is 2. The van der Waals surface area contributed by atoms with E-state index in [1.807, 2.05) is 50.2 Å². The van der Waals surface area contributed by atoms with E-state index in [0.29, 0.717) is 82.2 Å². The number of Topliss-reactive ketones (excluding diaryl/α,β-unsaturated/α-hetero) is 2. The van der Waals surface area contributed by atoms with Crippen LogP contribution in [0.5, 0.6) is 11.6 Å². The number of aryl methyl sites for hydroxylation is 2. The van der Waals surface area contributed by atoms with Crippen LogP contribution in [-0.4, -0.2) is 75.3 Å². The van der Waals surface area contributed by atoms with Gasteiger partial charge in [-0.25, -0.2) is 19.0 Å². The first-order valence-corrected chi connectivity index (χ1v) is 22.7. The van der Waals surface area contributed by atoms with E-state index < -0.39 is 11.2 Å². The van der Waals surface area contributed by atoms with Gasteiger partial charge in [0.15, 0.2) is 28.0 Å². The molecule has 13 nitrogen and oxygen atoms in total. The van der Waals surface area contributed by atoms with Gasteiger partial charge in [0.1, 0.15) is 5.75 Å². The second-order valence-electron chi connectivity index (χ2n) is 18.6. The van der Waals surface area contributed by atoms with Gasteiger partial charge >= 0.3 is 0 Å². The molecule has 15 heteroatoms.